The number of aryl methyl sites for hydroxylation is 2. The van der Waals surface area contributed by atoms with Crippen molar-refractivity contribution in [1.29, 1.82) is 0 Å². The average molecular weight is 250 g/mol. The smallest absolute Gasteiger partial charge is 0.121 e. The van der Waals surface area contributed by atoms with Gasteiger partial charge in [-0.3, -0.25) is 4.90 Å². The van der Waals surface area contributed by atoms with Crippen molar-refractivity contribution in [2.75, 3.05) is 26.2 Å². The van der Waals surface area contributed by atoms with Crippen LogP contribution in [0.2, 0.25) is 0 Å². The molecule has 1 aromatic rings. The van der Waals surface area contributed by atoms with Crippen LogP contribution in [0.25, 0.3) is 0 Å². The quantitative estimate of drug-likeness (QED) is 0.870. The van der Waals surface area contributed by atoms with E-state index in [0.717, 1.165) is 31.9 Å². The van der Waals surface area contributed by atoms with Crippen LogP contribution in [0.3, 0.4) is 0 Å². The molecule has 18 heavy (non-hydrogen) atoms. The van der Waals surface area contributed by atoms with Gasteiger partial charge in [-0.05, 0) is 31.9 Å². The van der Waals surface area contributed by atoms with Crippen molar-refractivity contribution in [2.24, 2.45) is 0 Å². The van der Waals surface area contributed by atoms with E-state index in [1.54, 1.807) is 0 Å². The first kappa shape index (κ1) is 13.6. The lowest BCUT2D eigenvalue weighted by Crippen LogP contribution is -2.45. The highest BCUT2D eigenvalue weighted by Gasteiger charge is 2.24. The number of hydrogen-bond acceptors (Lipinski definition) is 3. The summed E-state index contributed by atoms with van der Waals surface area (Å²) in [5.74, 6) is 2.24. The van der Waals surface area contributed by atoms with Gasteiger partial charge in [-0.2, -0.15) is 0 Å². The molecule has 0 saturated carbocycles. The number of unbranched alkanes of at least 4 members (excludes halogenated alkanes) is 1. The summed E-state index contributed by atoms with van der Waals surface area (Å²) in [4.78, 5) is 2.57. The number of hydrogen-bond donors (Lipinski definition) is 1. The summed E-state index contributed by atoms with van der Waals surface area (Å²) >= 11 is 0. The second-order valence-corrected chi connectivity index (χ2v) is 5.33. The van der Waals surface area contributed by atoms with E-state index in [1.165, 1.54) is 30.6 Å². The van der Waals surface area contributed by atoms with E-state index in [0.29, 0.717) is 6.04 Å². The molecule has 1 atom stereocenters. The summed E-state index contributed by atoms with van der Waals surface area (Å²) in [6, 6.07) is 2.71. The Labute approximate surface area is 111 Å². The number of nitrogens with one attached hydrogen (secondary N) is 1. The highest BCUT2D eigenvalue weighted by atomic mass is 16.3. The van der Waals surface area contributed by atoms with Gasteiger partial charge in [0.05, 0.1) is 6.04 Å². The maximum absolute atomic E-state index is 5.96. The molecule has 2 rings (SSSR count). The molecule has 0 aromatic carbocycles. The average Bonchev–Trinajstić information content (AvgIpc) is 2.71. The molecule has 2 heterocycles. The van der Waals surface area contributed by atoms with Gasteiger partial charge in [0, 0.05) is 26.2 Å². The second-order valence-electron chi connectivity index (χ2n) is 5.33. The molecular weight excluding hydrogens is 224 g/mol. The Kier molecular flexibility index (Phi) is 4.84. The van der Waals surface area contributed by atoms with Crippen molar-refractivity contribution >= 4 is 0 Å². The number of furan rings is 1. The third-order valence-corrected chi connectivity index (χ3v) is 3.94. The normalized spacial score (nSPS) is 19.1. The first-order chi connectivity index (χ1) is 8.72. The summed E-state index contributed by atoms with van der Waals surface area (Å²) < 4.78 is 5.96. The first-order valence-corrected chi connectivity index (χ1v) is 7.24. The highest BCUT2D eigenvalue weighted by molar-refractivity contribution is 5.21. The predicted octanol–water partition coefficient (Wildman–Crippen LogP) is 3.03. The minimum atomic E-state index is 0.472. The first-order valence-electron chi connectivity index (χ1n) is 7.24. The molecule has 0 unspecified atom stereocenters. The Morgan fingerprint density at radius 3 is 2.61 bits per heavy atom. The van der Waals surface area contributed by atoms with Crippen LogP contribution in [0.1, 0.15) is 49.3 Å². The van der Waals surface area contributed by atoms with E-state index in [-0.39, 0.29) is 0 Å². The Bertz CT molecular complexity index is 347. The third kappa shape index (κ3) is 3.15. The van der Waals surface area contributed by atoms with Gasteiger partial charge in [-0.1, -0.05) is 19.8 Å². The van der Waals surface area contributed by atoms with Crippen LogP contribution in [0.5, 0.6) is 0 Å². The fraction of sp³-hybridized carbons (Fsp3) is 0.733. The summed E-state index contributed by atoms with van der Waals surface area (Å²) in [6.07, 6.45) is 3.73. The zero-order chi connectivity index (χ0) is 13.0. The molecule has 0 radical (unpaired) electrons. The minimum Gasteiger partial charge on any atom is -0.464 e. The number of rotatable bonds is 5. The van der Waals surface area contributed by atoms with Gasteiger partial charge < -0.3 is 9.73 Å². The molecule has 1 N–H and O–H groups in total. The van der Waals surface area contributed by atoms with Gasteiger partial charge in [0.1, 0.15) is 11.5 Å². The van der Waals surface area contributed by atoms with Gasteiger partial charge in [0.15, 0.2) is 0 Å². The summed E-state index contributed by atoms with van der Waals surface area (Å²) in [6.45, 7) is 10.9. The molecule has 102 valence electrons. The maximum atomic E-state index is 5.96. The predicted molar refractivity (Wildman–Crippen MR) is 74.9 cm³/mol. The van der Waals surface area contributed by atoms with Gasteiger partial charge >= 0.3 is 0 Å². The van der Waals surface area contributed by atoms with Crippen LogP contribution in [-0.2, 0) is 0 Å². The standard InChI is InChI=1S/C15H26N2O/c1-4-5-6-14(17-9-7-16-8-10-17)15-11-12(2)13(3)18-15/h11,14,16H,4-10H2,1-3H3/t14-/m0/s1. The van der Waals surface area contributed by atoms with E-state index in [1.807, 2.05) is 0 Å². The van der Waals surface area contributed by atoms with Gasteiger partial charge in [-0.15, -0.1) is 0 Å². The Morgan fingerprint density at radius 1 is 1.33 bits per heavy atom. The SMILES string of the molecule is CCCC[C@@H](c1cc(C)c(C)o1)N1CCNCC1. The van der Waals surface area contributed by atoms with Crippen molar-refractivity contribution in [2.45, 2.75) is 46.1 Å². The Balaban J connectivity index is 2.12. The molecule has 0 spiro atoms. The maximum Gasteiger partial charge on any atom is 0.121 e. The van der Waals surface area contributed by atoms with Crippen LogP contribution in [0, 0.1) is 13.8 Å². The van der Waals surface area contributed by atoms with E-state index >= 15 is 0 Å². The van der Waals surface area contributed by atoms with Crippen molar-refractivity contribution in [1.82, 2.24) is 10.2 Å². The number of piperazine rings is 1. The minimum absolute atomic E-state index is 0.472. The van der Waals surface area contributed by atoms with Crippen LogP contribution >= 0.6 is 0 Å². The third-order valence-electron chi connectivity index (χ3n) is 3.94. The highest BCUT2D eigenvalue weighted by Crippen LogP contribution is 2.29. The molecule has 1 aliphatic heterocycles. The lowest BCUT2D eigenvalue weighted by atomic mass is 10.0. The lowest BCUT2D eigenvalue weighted by Gasteiger charge is -2.33. The van der Waals surface area contributed by atoms with Crippen molar-refractivity contribution in [3.05, 3.63) is 23.2 Å². The molecule has 1 saturated heterocycles. The van der Waals surface area contributed by atoms with Gasteiger partial charge in [0.25, 0.3) is 0 Å². The molecule has 3 nitrogen and oxygen atoms in total. The fourth-order valence-corrected chi connectivity index (χ4v) is 2.66. The Morgan fingerprint density at radius 2 is 2.06 bits per heavy atom. The van der Waals surface area contributed by atoms with E-state index in [9.17, 15) is 0 Å². The van der Waals surface area contributed by atoms with Crippen LogP contribution in [-0.4, -0.2) is 31.1 Å². The summed E-state index contributed by atoms with van der Waals surface area (Å²) in [5, 5.41) is 3.42. The lowest BCUT2D eigenvalue weighted by molar-refractivity contribution is 0.143. The van der Waals surface area contributed by atoms with Gasteiger partial charge in [0.2, 0.25) is 0 Å². The van der Waals surface area contributed by atoms with Crippen LogP contribution < -0.4 is 5.32 Å². The fourth-order valence-electron chi connectivity index (χ4n) is 2.66. The topological polar surface area (TPSA) is 28.4 Å². The monoisotopic (exact) mass is 250 g/mol. The largest absolute Gasteiger partial charge is 0.464 e. The molecule has 1 fully saturated rings. The summed E-state index contributed by atoms with van der Waals surface area (Å²) in [5.41, 5.74) is 1.28. The molecule has 1 aliphatic rings. The van der Waals surface area contributed by atoms with Crippen LogP contribution in [0.4, 0.5) is 0 Å². The van der Waals surface area contributed by atoms with Crippen LogP contribution in [0.15, 0.2) is 10.5 Å². The molecule has 0 aliphatic carbocycles. The van der Waals surface area contributed by atoms with Crippen molar-refractivity contribution < 1.29 is 4.42 Å². The Hall–Kier alpha value is -0.800. The molecular formula is C15H26N2O. The molecule has 1 aromatic heterocycles. The zero-order valence-electron chi connectivity index (χ0n) is 12.0. The van der Waals surface area contributed by atoms with E-state index < -0.39 is 0 Å². The number of nitrogens with zero attached hydrogens (tertiary/aromatic N) is 1. The van der Waals surface area contributed by atoms with Gasteiger partial charge in [-0.25, -0.2) is 0 Å². The van der Waals surface area contributed by atoms with E-state index in [2.05, 4.69) is 37.1 Å². The molecule has 0 amide bonds. The van der Waals surface area contributed by atoms with E-state index in [4.69, 9.17) is 4.42 Å². The van der Waals surface area contributed by atoms with Crippen molar-refractivity contribution in [3.8, 4) is 0 Å². The van der Waals surface area contributed by atoms with Crippen molar-refractivity contribution in [3.63, 3.8) is 0 Å². The molecule has 3 heteroatoms. The second kappa shape index (κ2) is 6.39. The molecule has 0 bridgehead atoms. The summed E-state index contributed by atoms with van der Waals surface area (Å²) in [7, 11) is 0. The zero-order valence-corrected chi connectivity index (χ0v) is 12.0.